The molecule has 1 aromatic carbocycles. The lowest BCUT2D eigenvalue weighted by Crippen LogP contribution is -2.37. The molecule has 158 valence electrons. The van der Waals surface area contributed by atoms with Gasteiger partial charge in [-0.2, -0.15) is 0 Å². The van der Waals surface area contributed by atoms with Crippen molar-refractivity contribution in [3.05, 3.63) is 83.4 Å². The summed E-state index contributed by atoms with van der Waals surface area (Å²) in [7, 11) is 0. The molecule has 1 aliphatic heterocycles. The molecular weight excluding hydrogens is 388 g/mol. The third kappa shape index (κ3) is 4.79. The second kappa shape index (κ2) is 9.08. The van der Waals surface area contributed by atoms with Crippen LogP contribution in [0.15, 0.2) is 61.1 Å². The number of amides is 2. The van der Waals surface area contributed by atoms with Gasteiger partial charge in [-0.05, 0) is 48.1 Å². The Labute approximate surface area is 182 Å². The molecule has 2 amide bonds. The number of benzene rings is 1. The fraction of sp³-hybridized carbons (Fsp3) is 0.280. The molecule has 0 saturated carbocycles. The summed E-state index contributed by atoms with van der Waals surface area (Å²) in [5.41, 5.74) is 4.86. The van der Waals surface area contributed by atoms with Gasteiger partial charge < -0.3 is 10.2 Å². The predicted octanol–water partition coefficient (Wildman–Crippen LogP) is 4.37. The van der Waals surface area contributed by atoms with E-state index in [9.17, 15) is 9.59 Å². The molecule has 0 atom stereocenters. The van der Waals surface area contributed by atoms with Crippen molar-refractivity contribution in [2.75, 3.05) is 16.8 Å². The molecule has 0 aliphatic carbocycles. The Balaban J connectivity index is 1.52. The number of pyridine rings is 2. The Bertz CT molecular complexity index is 1080. The number of carbonyl (C=O) groups is 2. The molecule has 0 unspecified atom stereocenters. The predicted molar refractivity (Wildman–Crippen MR) is 121 cm³/mol. The van der Waals surface area contributed by atoms with Gasteiger partial charge in [0.25, 0.3) is 5.91 Å². The van der Waals surface area contributed by atoms with Crippen molar-refractivity contribution in [2.45, 2.75) is 39.0 Å². The molecule has 6 heteroatoms. The van der Waals surface area contributed by atoms with E-state index in [-0.39, 0.29) is 11.8 Å². The first kappa shape index (κ1) is 20.7. The van der Waals surface area contributed by atoms with E-state index < -0.39 is 0 Å². The van der Waals surface area contributed by atoms with E-state index >= 15 is 0 Å². The molecule has 0 spiro atoms. The number of nitrogens with zero attached hydrogens (tertiary/aromatic N) is 3. The summed E-state index contributed by atoms with van der Waals surface area (Å²) in [6.07, 6.45) is 6.79. The van der Waals surface area contributed by atoms with Crippen LogP contribution < -0.4 is 10.2 Å². The number of fused-ring (bicyclic) bond motifs is 1. The molecule has 0 bridgehead atoms. The van der Waals surface area contributed by atoms with Crippen molar-refractivity contribution >= 4 is 23.2 Å². The van der Waals surface area contributed by atoms with Gasteiger partial charge >= 0.3 is 0 Å². The van der Waals surface area contributed by atoms with E-state index in [4.69, 9.17) is 0 Å². The molecule has 0 fully saturated rings. The summed E-state index contributed by atoms with van der Waals surface area (Å²) in [5, 5.41) is 2.82. The molecular formula is C25H26N4O2. The fourth-order valence-corrected chi connectivity index (χ4v) is 3.75. The van der Waals surface area contributed by atoms with Crippen LogP contribution in [0.3, 0.4) is 0 Å². The topological polar surface area (TPSA) is 75.2 Å². The molecule has 31 heavy (non-hydrogen) atoms. The number of hydrogen-bond donors (Lipinski definition) is 1. The van der Waals surface area contributed by atoms with Crippen molar-refractivity contribution in [3.8, 4) is 0 Å². The third-order valence-corrected chi connectivity index (χ3v) is 5.52. The van der Waals surface area contributed by atoms with E-state index in [1.54, 1.807) is 41.7 Å². The zero-order valence-corrected chi connectivity index (χ0v) is 17.8. The number of aromatic nitrogens is 2. The lowest BCUT2D eigenvalue weighted by Gasteiger charge is -2.29. The number of aryl methyl sites for hydroxylation is 1. The maximum absolute atomic E-state index is 13.1. The Morgan fingerprint density at radius 1 is 1.13 bits per heavy atom. The quantitative estimate of drug-likeness (QED) is 0.673. The van der Waals surface area contributed by atoms with E-state index in [2.05, 4.69) is 41.3 Å². The van der Waals surface area contributed by atoms with Crippen LogP contribution in [0.5, 0.6) is 0 Å². The van der Waals surface area contributed by atoms with Crippen LogP contribution in [0.4, 0.5) is 11.4 Å². The van der Waals surface area contributed by atoms with Crippen molar-refractivity contribution in [3.63, 3.8) is 0 Å². The molecule has 0 saturated heterocycles. The van der Waals surface area contributed by atoms with Gasteiger partial charge in [-0.3, -0.25) is 19.6 Å². The zero-order chi connectivity index (χ0) is 21.8. The SMILES string of the molecule is CC(C)c1ccc(CC(=O)N2CCCc3ncc(C(=O)Nc4cccnc4)cc32)cc1. The average molecular weight is 415 g/mol. The van der Waals surface area contributed by atoms with Gasteiger partial charge in [0.05, 0.1) is 35.2 Å². The van der Waals surface area contributed by atoms with Gasteiger partial charge in [-0.25, -0.2) is 0 Å². The summed E-state index contributed by atoms with van der Waals surface area (Å²) in [6.45, 7) is 4.94. The minimum absolute atomic E-state index is 0.0184. The van der Waals surface area contributed by atoms with Crippen molar-refractivity contribution in [1.82, 2.24) is 9.97 Å². The van der Waals surface area contributed by atoms with Crippen molar-refractivity contribution in [1.29, 1.82) is 0 Å². The van der Waals surface area contributed by atoms with Crippen LogP contribution in [-0.2, 0) is 17.6 Å². The Morgan fingerprint density at radius 3 is 2.65 bits per heavy atom. The summed E-state index contributed by atoms with van der Waals surface area (Å²) in [4.78, 5) is 36.0. The van der Waals surface area contributed by atoms with Crippen LogP contribution in [-0.4, -0.2) is 28.3 Å². The summed E-state index contributed by atoms with van der Waals surface area (Å²) < 4.78 is 0. The molecule has 6 nitrogen and oxygen atoms in total. The van der Waals surface area contributed by atoms with E-state index in [0.717, 1.165) is 29.8 Å². The minimum atomic E-state index is -0.273. The Hall–Kier alpha value is -3.54. The molecule has 3 heterocycles. The monoisotopic (exact) mass is 414 g/mol. The Morgan fingerprint density at radius 2 is 1.94 bits per heavy atom. The highest BCUT2D eigenvalue weighted by molar-refractivity contribution is 6.05. The molecule has 2 aromatic heterocycles. The van der Waals surface area contributed by atoms with E-state index in [1.165, 1.54) is 5.56 Å². The molecule has 1 aliphatic rings. The highest BCUT2D eigenvalue weighted by Gasteiger charge is 2.25. The number of carbonyl (C=O) groups excluding carboxylic acids is 2. The molecule has 0 radical (unpaired) electrons. The summed E-state index contributed by atoms with van der Waals surface area (Å²) in [5.74, 6) is 0.205. The average Bonchev–Trinajstić information content (AvgIpc) is 2.79. The van der Waals surface area contributed by atoms with Crippen molar-refractivity contribution < 1.29 is 9.59 Å². The van der Waals surface area contributed by atoms with Crippen LogP contribution >= 0.6 is 0 Å². The molecule has 1 N–H and O–H groups in total. The summed E-state index contributed by atoms with van der Waals surface area (Å²) in [6, 6.07) is 13.5. The summed E-state index contributed by atoms with van der Waals surface area (Å²) >= 11 is 0. The number of rotatable bonds is 5. The number of hydrogen-bond acceptors (Lipinski definition) is 4. The lowest BCUT2D eigenvalue weighted by atomic mass is 10.00. The standard InChI is InChI=1S/C25H26N4O2/c1-17(2)19-9-7-18(8-10-19)13-24(30)29-12-4-6-22-23(29)14-20(15-27-22)25(31)28-21-5-3-11-26-16-21/h3,5,7-11,14-17H,4,6,12-13H2,1-2H3,(H,28,31). The normalized spacial score (nSPS) is 13.1. The first-order valence-corrected chi connectivity index (χ1v) is 10.6. The lowest BCUT2D eigenvalue weighted by molar-refractivity contribution is -0.118. The van der Waals surface area contributed by atoms with Crippen molar-refractivity contribution in [2.24, 2.45) is 0 Å². The minimum Gasteiger partial charge on any atom is -0.321 e. The molecule has 3 aromatic rings. The second-order valence-corrected chi connectivity index (χ2v) is 8.11. The maximum atomic E-state index is 13.1. The fourth-order valence-electron chi connectivity index (χ4n) is 3.75. The smallest absolute Gasteiger partial charge is 0.257 e. The van der Waals surface area contributed by atoms with Crippen LogP contribution in [0.25, 0.3) is 0 Å². The first-order chi connectivity index (χ1) is 15.0. The first-order valence-electron chi connectivity index (χ1n) is 10.6. The Kier molecular flexibility index (Phi) is 6.07. The van der Waals surface area contributed by atoms with Gasteiger partial charge in [0, 0.05) is 18.9 Å². The van der Waals surface area contributed by atoms with Gasteiger partial charge in [0.2, 0.25) is 5.91 Å². The zero-order valence-electron chi connectivity index (χ0n) is 17.8. The largest absolute Gasteiger partial charge is 0.321 e. The van der Waals surface area contributed by atoms with Gasteiger partial charge in [0.15, 0.2) is 0 Å². The molecule has 4 rings (SSSR count). The van der Waals surface area contributed by atoms with Gasteiger partial charge in [-0.1, -0.05) is 38.1 Å². The highest BCUT2D eigenvalue weighted by Crippen LogP contribution is 2.28. The second-order valence-electron chi connectivity index (χ2n) is 8.11. The van der Waals surface area contributed by atoms with Crippen LogP contribution in [0.2, 0.25) is 0 Å². The van der Waals surface area contributed by atoms with Gasteiger partial charge in [0.1, 0.15) is 0 Å². The maximum Gasteiger partial charge on any atom is 0.257 e. The van der Waals surface area contributed by atoms with Gasteiger partial charge in [-0.15, -0.1) is 0 Å². The van der Waals surface area contributed by atoms with E-state index in [1.807, 2.05) is 12.1 Å². The number of anilines is 2. The van der Waals surface area contributed by atoms with Crippen LogP contribution in [0.1, 0.15) is 53.4 Å². The highest BCUT2D eigenvalue weighted by atomic mass is 16.2. The number of nitrogens with one attached hydrogen (secondary N) is 1. The van der Waals surface area contributed by atoms with Crippen LogP contribution in [0, 0.1) is 0 Å². The third-order valence-electron chi connectivity index (χ3n) is 5.52. The van der Waals surface area contributed by atoms with E-state index in [0.29, 0.717) is 30.1 Å².